The standard InChI is InChI=1S/C22H27N5O2/c1-3-27-20-11-8-17(14-19(20)24-25-27)22(28)23-15-21(26-12-4-5-13-26)16-6-9-18(29-2)10-7-16/h6-11,14,21H,3-5,12-13,15H2,1-2H3,(H,23,28)/t21-/m0/s1. The predicted octanol–water partition coefficient (Wildman–Crippen LogP) is 3.03. The van der Waals surface area contributed by atoms with Crippen molar-refractivity contribution in [1.29, 1.82) is 0 Å². The van der Waals surface area contributed by atoms with Gasteiger partial charge in [-0.3, -0.25) is 9.69 Å². The summed E-state index contributed by atoms with van der Waals surface area (Å²) in [4.78, 5) is 15.3. The first-order chi connectivity index (χ1) is 14.2. The molecule has 7 nitrogen and oxygen atoms in total. The van der Waals surface area contributed by atoms with Crippen LogP contribution in [0.3, 0.4) is 0 Å². The van der Waals surface area contributed by atoms with Gasteiger partial charge in [0.05, 0.1) is 18.7 Å². The molecule has 29 heavy (non-hydrogen) atoms. The number of aryl methyl sites for hydroxylation is 1. The Morgan fingerprint density at radius 2 is 1.93 bits per heavy atom. The summed E-state index contributed by atoms with van der Waals surface area (Å²) >= 11 is 0. The van der Waals surface area contributed by atoms with Gasteiger partial charge in [-0.2, -0.15) is 0 Å². The first-order valence-electron chi connectivity index (χ1n) is 10.2. The molecule has 0 bridgehead atoms. The van der Waals surface area contributed by atoms with Gasteiger partial charge in [-0.15, -0.1) is 5.10 Å². The molecule has 1 saturated heterocycles. The Kier molecular flexibility index (Phi) is 5.76. The van der Waals surface area contributed by atoms with Gasteiger partial charge in [0.15, 0.2) is 0 Å². The number of carbonyl (C=O) groups is 1. The van der Waals surface area contributed by atoms with Crippen molar-refractivity contribution in [1.82, 2.24) is 25.2 Å². The average Bonchev–Trinajstić information content (AvgIpc) is 3.43. The fourth-order valence-corrected chi connectivity index (χ4v) is 3.98. The number of likely N-dealkylation sites (tertiary alicyclic amines) is 1. The first kappa shape index (κ1) is 19.4. The SMILES string of the molecule is CCn1nnc2cc(C(=O)NC[C@@H](c3ccc(OC)cc3)N3CCCC3)ccc21. The minimum absolute atomic E-state index is 0.0874. The number of rotatable bonds is 7. The predicted molar refractivity (Wildman–Crippen MR) is 112 cm³/mol. The zero-order valence-electron chi connectivity index (χ0n) is 17.0. The van der Waals surface area contributed by atoms with Crippen LogP contribution in [0.4, 0.5) is 0 Å². The Labute approximate surface area is 170 Å². The van der Waals surface area contributed by atoms with E-state index < -0.39 is 0 Å². The smallest absolute Gasteiger partial charge is 0.251 e. The van der Waals surface area contributed by atoms with E-state index in [1.54, 1.807) is 7.11 Å². The average molecular weight is 393 g/mol. The molecule has 1 aliphatic rings. The summed E-state index contributed by atoms with van der Waals surface area (Å²) in [6.45, 7) is 5.44. The van der Waals surface area contributed by atoms with Crippen LogP contribution in [0.5, 0.6) is 5.75 Å². The fraction of sp³-hybridized carbons (Fsp3) is 0.409. The van der Waals surface area contributed by atoms with E-state index in [1.165, 1.54) is 18.4 Å². The minimum Gasteiger partial charge on any atom is -0.497 e. The van der Waals surface area contributed by atoms with Crippen molar-refractivity contribution >= 4 is 16.9 Å². The highest BCUT2D eigenvalue weighted by Crippen LogP contribution is 2.26. The van der Waals surface area contributed by atoms with Crippen LogP contribution in [0.2, 0.25) is 0 Å². The summed E-state index contributed by atoms with van der Waals surface area (Å²) in [6.07, 6.45) is 2.40. The molecule has 0 unspecified atom stereocenters. The number of hydrogen-bond donors (Lipinski definition) is 1. The van der Waals surface area contributed by atoms with Gasteiger partial charge in [-0.1, -0.05) is 17.3 Å². The van der Waals surface area contributed by atoms with Crippen molar-refractivity contribution in [3.8, 4) is 5.75 Å². The van der Waals surface area contributed by atoms with Crippen molar-refractivity contribution in [2.24, 2.45) is 0 Å². The Balaban J connectivity index is 1.49. The number of nitrogens with zero attached hydrogens (tertiary/aromatic N) is 4. The van der Waals surface area contributed by atoms with Gasteiger partial charge < -0.3 is 10.1 Å². The lowest BCUT2D eigenvalue weighted by molar-refractivity contribution is 0.0938. The first-order valence-corrected chi connectivity index (χ1v) is 10.2. The molecule has 1 amide bonds. The Hall–Kier alpha value is -2.93. The summed E-state index contributed by atoms with van der Waals surface area (Å²) < 4.78 is 7.10. The number of carbonyl (C=O) groups excluding carboxylic acids is 1. The maximum Gasteiger partial charge on any atom is 0.251 e. The molecule has 2 aromatic carbocycles. The summed E-state index contributed by atoms with van der Waals surface area (Å²) in [5, 5.41) is 11.4. The van der Waals surface area contributed by atoms with Crippen molar-refractivity contribution < 1.29 is 9.53 Å². The van der Waals surface area contributed by atoms with Crippen molar-refractivity contribution in [3.63, 3.8) is 0 Å². The van der Waals surface area contributed by atoms with Crippen molar-refractivity contribution in [2.75, 3.05) is 26.7 Å². The molecule has 4 rings (SSSR count). The molecular formula is C22H27N5O2. The normalized spacial score (nSPS) is 15.5. The molecule has 1 aromatic heterocycles. The van der Waals surface area contributed by atoms with Crippen LogP contribution in [0.1, 0.15) is 41.7 Å². The lowest BCUT2D eigenvalue weighted by Gasteiger charge is -2.28. The third-order valence-electron chi connectivity index (χ3n) is 5.61. The quantitative estimate of drug-likeness (QED) is 0.668. The molecule has 3 aromatic rings. The second-order valence-electron chi connectivity index (χ2n) is 7.35. The molecule has 152 valence electrons. The molecule has 0 spiro atoms. The van der Waals surface area contributed by atoms with Gasteiger partial charge in [0.1, 0.15) is 11.3 Å². The summed E-state index contributed by atoms with van der Waals surface area (Å²) in [6, 6.07) is 13.8. The second kappa shape index (κ2) is 8.61. The zero-order chi connectivity index (χ0) is 20.2. The van der Waals surface area contributed by atoms with Crippen LogP contribution in [0.15, 0.2) is 42.5 Å². The molecular weight excluding hydrogens is 366 g/mol. The summed E-state index contributed by atoms with van der Waals surface area (Å²) in [5.41, 5.74) is 3.48. The topological polar surface area (TPSA) is 72.3 Å². The number of benzene rings is 2. The number of methoxy groups -OCH3 is 1. The number of ether oxygens (including phenoxy) is 1. The van der Waals surface area contributed by atoms with Crippen LogP contribution in [0, 0.1) is 0 Å². The van der Waals surface area contributed by atoms with E-state index in [-0.39, 0.29) is 11.9 Å². The third-order valence-corrected chi connectivity index (χ3v) is 5.61. The number of aromatic nitrogens is 3. The second-order valence-corrected chi connectivity index (χ2v) is 7.35. The molecule has 0 saturated carbocycles. The van der Waals surface area contributed by atoms with E-state index in [4.69, 9.17) is 4.74 Å². The van der Waals surface area contributed by atoms with Gasteiger partial charge in [-0.25, -0.2) is 4.68 Å². The van der Waals surface area contributed by atoms with Crippen molar-refractivity contribution in [2.45, 2.75) is 32.4 Å². The minimum atomic E-state index is -0.0874. The van der Waals surface area contributed by atoms with E-state index in [2.05, 4.69) is 32.7 Å². The monoisotopic (exact) mass is 393 g/mol. The van der Waals surface area contributed by atoms with Crippen LogP contribution >= 0.6 is 0 Å². The van der Waals surface area contributed by atoms with Gasteiger partial charge in [0.2, 0.25) is 0 Å². The molecule has 0 radical (unpaired) electrons. The maximum atomic E-state index is 12.8. The number of nitrogens with one attached hydrogen (secondary N) is 1. The van der Waals surface area contributed by atoms with Crippen LogP contribution in [-0.2, 0) is 6.54 Å². The van der Waals surface area contributed by atoms with Crippen LogP contribution < -0.4 is 10.1 Å². The molecule has 1 atom stereocenters. The molecule has 1 fully saturated rings. The lowest BCUT2D eigenvalue weighted by atomic mass is 10.0. The fourth-order valence-electron chi connectivity index (χ4n) is 3.98. The third kappa shape index (κ3) is 4.10. The number of fused-ring (bicyclic) bond motifs is 1. The Morgan fingerprint density at radius 3 is 2.62 bits per heavy atom. The Morgan fingerprint density at radius 1 is 1.17 bits per heavy atom. The van der Waals surface area contributed by atoms with Gasteiger partial charge in [-0.05, 0) is 68.8 Å². The van der Waals surface area contributed by atoms with Crippen LogP contribution in [0.25, 0.3) is 11.0 Å². The zero-order valence-corrected chi connectivity index (χ0v) is 17.0. The van der Waals surface area contributed by atoms with E-state index >= 15 is 0 Å². The van der Waals surface area contributed by atoms with Gasteiger partial charge >= 0.3 is 0 Å². The highest BCUT2D eigenvalue weighted by molar-refractivity contribution is 5.97. The number of amides is 1. The molecule has 1 aliphatic heterocycles. The lowest BCUT2D eigenvalue weighted by Crippen LogP contribution is -2.36. The van der Waals surface area contributed by atoms with E-state index in [1.807, 2.05) is 41.9 Å². The van der Waals surface area contributed by atoms with Crippen LogP contribution in [-0.4, -0.2) is 52.5 Å². The largest absolute Gasteiger partial charge is 0.497 e. The molecule has 1 N–H and O–H groups in total. The number of hydrogen-bond acceptors (Lipinski definition) is 5. The summed E-state index contributed by atoms with van der Waals surface area (Å²) in [7, 11) is 1.67. The van der Waals surface area contributed by atoms with Gasteiger partial charge in [0, 0.05) is 18.7 Å². The maximum absolute atomic E-state index is 12.8. The van der Waals surface area contributed by atoms with Crippen molar-refractivity contribution in [3.05, 3.63) is 53.6 Å². The molecule has 7 heteroatoms. The molecule has 0 aliphatic carbocycles. The highest BCUT2D eigenvalue weighted by Gasteiger charge is 2.24. The highest BCUT2D eigenvalue weighted by atomic mass is 16.5. The summed E-state index contributed by atoms with van der Waals surface area (Å²) in [5.74, 6) is 0.752. The van der Waals surface area contributed by atoms with E-state index in [0.29, 0.717) is 12.1 Å². The van der Waals surface area contributed by atoms with E-state index in [9.17, 15) is 4.79 Å². The molecule has 2 heterocycles. The van der Waals surface area contributed by atoms with Gasteiger partial charge in [0.25, 0.3) is 5.91 Å². The Bertz CT molecular complexity index is 977. The van der Waals surface area contributed by atoms with E-state index in [0.717, 1.165) is 36.4 Å².